The molecule has 2 aromatic carbocycles. The lowest BCUT2D eigenvalue weighted by Gasteiger charge is -2.15. The third-order valence-corrected chi connectivity index (χ3v) is 4.71. The Bertz CT molecular complexity index is 836. The highest BCUT2D eigenvalue weighted by atomic mass is 16.5. The highest BCUT2D eigenvalue weighted by Crippen LogP contribution is 2.44. The van der Waals surface area contributed by atoms with Crippen LogP contribution in [0.5, 0.6) is 5.75 Å². The van der Waals surface area contributed by atoms with Gasteiger partial charge < -0.3 is 20.1 Å². The topological polar surface area (TPSA) is 76.7 Å². The average Bonchev–Trinajstić information content (AvgIpc) is 3.03. The SMILES string of the molecule is CNC(=O)c1cc(C(=O)NCCOC)cc2c1OC(C)C2c1ccccc1. The van der Waals surface area contributed by atoms with E-state index >= 15 is 0 Å². The molecule has 0 bridgehead atoms. The molecule has 0 aromatic heterocycles. The quantitative estimate of drug-likeness (QED) is 0.768. The first-order valence-corrected chi connectivity index (χ1v) is 8.95. The van der Waals surface area contributed by atoms with Crippen LogP contribution in [-0.2, 0) is 4.74 Å². The van der Waals surface area contributed by atoms with Crippen LogP contribution < -0.4 is 15.4 Å². The van der Waals surface area contributed by atoms with E-state index in [9.17, 15) is 9.59 Å². The Labute approximate surface area is 158 Å². The van der Waals surface area contributed by atoms with E-state index in [1.54, 1.807) is 20.2 Å². The number of nitrogens with one attached hydrogen (secondary N) is 2. The number of ether oxygens (including phenoxy) is 2. The lowest BCUT2D eigenvalue weighted by molar-refractivity contribution is 0.0937. The number of rotatable bonds is 6. The molecule has 0 radical (unpaired) electrons. The van der Waals surface area contributed by atoms with Crippen molar-refractivity contribution >= 4 is 11.8 Å². The van der Waals surface area contributed by atoms with Crippen LogP contribution in [0.4, 0.5) is 0 Å². The van der Waals surface area contributed by atoms with Crippen molar-refractivity contribution in [2.75, 3.05) is 27.3 Å². The van der Waals surface area contributed by atoms with Gasteiger partial charge in [-0.15, -0.1) is 0 Å². The summed E-state index contributed by atoms with van der Waals surface area (Å²) in [5.41, 5.74) is 2.74. The molecule has 0 spiro atoms. The lowest BCUT2D eigenvalue weighted by atomic mass is 9.87. The molecule has 2 aromatic rings. The highest BCUT2D eigenvalue weighted by Gasteiger charge is 2.36. The third-order valence-electron chi connectivity index (χ3n) is 4.71. The van der Waals surface area contributed by atoms with E-state index in [0.717, 1.165) is 11.1 Å². The van der Waals surface area contributed by atoms with Crippen molar-refractivity contribution in [1.82, 2.24) is 10.6 Å². The smallest absolute Gasteiger partial charge is 0.254 e. The molecule has 0 saturated heterocycles. The second-order valence-corrected chi connectivity index (χ2v) is 6.48. The van der Waals surface area contributed by atoms with Gasteiger partial charge in [0.15, 0.2) is 0 Å². The predicted octanol–water partition coefficient (Wildman–Crippen LogP) is 2.34. The monoisotopic (exact) mass is 368 g/mol. The molecule has 1 aliphatic heterocycles. The lowest BCUT2D eigenvalue weighted by Crippen LogP contribution is -2.27. The molecule has 142 valence electrons. The molecule has 2 unspecified atom stereocenters. The van der Waals surface area contributed by atoms with E-state index in [1.807, 2.05) is 43.3 Å². The van der Waals surface area contributed by atoms with Crippen molar-refractivity contribution in [3.8, 4) is 5.75 Å². The summed E-state index contributed by atoms with van der Waals surface area (Å²) in [6.45, 7) is 2.80. The van der Waals surface area contributed by atoms with Gasteiger partial charge in [0, 0.05) is 37.7 Å². The molecule has 1 heterocycles. The van der Waals surface area contributed by atoms with Crippen molar-refractivity contribution in [2.24, 2.45) is 0 Å². The third kappa shape index (κ3) is 3.80. The van der Waals surface area contributed by atoms with Gasteiger partial charge in [0.2, 0.25) is 0 Å². The van der Waals surface area contributed by atoms with Crippen LogP contribution in [0.3, 0.4) is 0 Å². The van der Waals surface area contributed by atoms with Crippen LogP contribution >= 0.6 is 0 Å². The van der Waals surface area contributed by atoms with Gasteiger partial charge in [0.05, 0.1) is 12.2 Å². The summed E-state index contributed by atoms with van der Waals surface area (Å²) in [6, 6.07) is 13.4. The van der Waals surface area contributed by atoms with E-state index in [0.29, 0.717) is 30.0 Å². The van der Waals surface area contributed by atoms with Crippen LogP contribution in [0.25, 0.3) is 0 Å². The molecule has 0 aliphatic carbocycles. The van der Waals surface area contributed by atoms with Gasteiger partial charge >= 0.3 is 0 Å². The molecule has 2 amide bonds. The van der Waals surface area contributed by atoms with Crippen LogP contribution in [0.2, 0.25) is 0 Å². The number of hydrogen-bond acceptors (Lipinski definition) is 4. The van der Waals surface area contributed by atoms with Crippen LogP contribution in [0.15, 0.2) is 42.5 Å². The Morgan fingerprint density at radius 1 is 1.15 bits per heavy atom. The Morgan fingerprint density at radius 2 is 1.89 bits per heavy atom. The van der Waals surface area contributed by atoms with Gasteiger partial charge in [-0.05, 0) is 24.6 Å². The van der Waals surface area contributed by atoms with Crippen molar-refractivity contribution in [1.29, 1.82) is 0 Å². The average molecular weight is 368 g/mol. The highest BCUT2D eigenvalue weighted by molar-refractivity contribution is 6.02. The van der Waals surface area contributed by atoms with Gasteiger partial charge in [-0.1, -0.05) is 30.3 Å². The number of carbonyl (C=O) groups is 2. The minimum Gasteiger partial charge on any atom is -0.489 e. The summed E-state index contributed by atoms with van der Waals surface area (Å²) < 4.78 is 11.0. The van der Waals surface area contributed by atoms with Gasteiger partial charge in [0.1, 0.15) is 11.9 Å². The first kappa shape index (κ1) is 18.9. The number of hydrogen-bond donors (Lipinski definition) is 2. The zero-order valence-electron chi connectivity index (χ0n) is 15.7. The summed E-state index contributed by atoms with van der Waals surface area (Å²) in [7, 11) is 3.14. The summed E-state index contributed by atoms with van der Waals surface area (Å²) in [4.78, 5) is 25.0. The fraction of sp³-hybridized carbons (Fsp3) is 0.333. The minimum atomic E-state index is -0.279. The van der Waals surface area contributed by atoms with E-state index < -0.39 is 0 Å². The van der Waals surface area contributed by atoms with Gasteiger partial charge in [-0.25, -0.2) is 0 Å². The summed E-state index contributed by atoms with van der Waals surface area (Å²) >= 11 is 0. The Kier molecular flexibility index (Phi) is 5.76. The number of methoxy groups -OCH3 is 1. The van der Waals surface area contributed by atoms with E-state index in [4.69, 9.17) is 9.47 Å². The van der Waals surface area contributed by atoms with Crippen molar-refractivity contribution < 1.29 is 19.1 Å². The van der Waals surface area contributed by atoms with Gasteiger partial charge in [-0.3, -0.25) is 9.59 Å². The maximum Gasteiger partial charge on any atom is 0.254 e. The van der Waals surface area contributed by atoms with Crippen molar-refractivity contribution in [3.63, 3.8) is 0 Å². The molecule has 1 aliphatic rings. The van der Waals surface area contributed by atoms with Crippen LogP contribution in [0, 0.1) is 0 Å². The Hall–Kier alpha value is -2.86. The largest absolute Gasteiger partial charge is 0.489 e. The number of fused-ring (bicyclic) bond motifs is 1. The normalized spacial score (nSPS) is 17.7. The second kappa shape index (κ2) is 8.22. The van der Waals surface area contributed by atoms with E-state index in [-0.39, 0.29) is 23.8 Å². The Balaban J connectivity index is 2.06. The number of amides is 2. The van der Waals surface area contributed by atoms with Gasteiger partial charge in [-0.2, -0.15) is 0 Å². The van der Waals surface area contributed by atoms with Crippen molar-refractivity contribution in [3.05, 3.63) is 64.7 Å². The minimum absolute atomic E-state index is 0.0451. The fourth-order valence-electron chi connectivity index (χ4n) is 3.43. The van der Waals surface area contributed by atoms with E-state index in [1.165, 1.54) is 0 Å². The molecule has 0 fully saturated rings. The Morgan fingerprint density at radius 3 is 2.56 bits per heavy atom. The molecule has 3 rings (SSSR count). The molecule has 6 heteroatoms. The van der Waals surface area contributed by atoms with E-state index in [2.05, 4.69) is 10.6 Å². The molecule has 0 saturated carbocycles. The molecular formula is C21H24N2O4. The predicted molar refractivity (Wildman–Crippen MR) is 102 cm³/mol. The molecule has 2 N–H and O–H groups in total. The van der Waals surface area contributed by atoms with Crippen LogP contribution in [-0.4, -0.2) is 45.2 Å². The zero-order valence-corrected chi connectivity index (χ0v) is 15.7. The molecule has 6 nitrogen and oxygen atoms in total. The fourth-order valence-corrected chi connectivity index (χ4v) is 3.43. The molecular weight excluding hydrogens is 344 g/mol. The first-order chi connectivity index (χ1) is 13.1. The standard InChI is InChI=1S/C21H24N2O4/c1-13-18(14-7-5-4-6-8-14)16-11-15(20(24)23-9-10-26-3)12-17(19(16)27-13)21(25)22-2/h4-8,11-13,18H,9-10H2,1-3H3,(H,22,25)(H,23,24). The summed E-state index contributed by atoms with van der Waals surface area (Å²) in [6.07, 6.45) is -0.141. The zero-order chi connectivity index (χ0) is 19.4. The van der Waals surface area contributed by atoms with Crippen molar-refractivity contribution in [2.45, 2.75) is 18.9 Å². The summed E-state index contributed by atoms with van der Waals surface area (Å²) in [5.74, 6) is -0.0226. The first-order valence-electron chi connectivity index (χ1n) is 8.95. The number of carbonyl (C=O) groups excluding carboxylic acids is 2. The molecule has 2 atom stereocenters. The molecule has 27 heavy (non-hydrogen) atoms. The number of benzene rings is 2. The van der Waals surface area contributed by atoms with Gasteiger partial charge in [0.25, 0.3) is 11.8 Å². The maximum atomic E-state index is 12.6. The second-order valence-electron chi connectivity index (χ2n) is 6.48. The van der Waals surface area contributed by atoms with Crippen LogP contribution in [0.1, 0.15) is 44.7 Å². The summed E-state index contributed by atoms with van der Waals surface area (Å²) in [5, 5.41) is 5.43. The maximum absolute atomic E-state index is 12.6.